The molecule has 0 N–H and O–H groups in total. The van der Waals surface area contributed by atoms with E-state index in [1.165, 1.54) is 0 Å². The van der Waals surface area contributed by atoms with Crippen LogP contribution in [0.25, 0.3) is 22.8 Å². The maximum absolute atomic E-state index is 12.0. The lowest BCUT2D eigenvalue weighted by atomic mass is 10.2. The van der Waals surface area contributed by atoms with Crippen LogP contribution < -0.4 is 5.76 Å². The van der Waals surface area contributed by atoms with Gasteiger partial charge in [0.25, 0.3) is 5.89 Å². The third kappa shape index (κ3) is 4.41. The number of carbonyl (C=O) groups excluding carboxylic acids is 1. The molecule has 2 aromatic carbocycles. The molecule has 0 atom stereocenters. The van der Waals surface area contributed by atoms with Crippen LogP contribution in [0, 0.1) is 0 Å². The molecule has 0 amide bonds. The van der Waals surface area contributed by atoms with Crippen LogP contribution in [0.2, 0.25) is 5.02 Å². The quantitative estimate of drug-likeness (QED) is 0.444. The van der Waals surface area contributed by atoms with Crippen LogP contribution in [0.4, 0.5) is 0 Å². The molecule has 0 aliphatic heterocycles. The Labute approximate surface area is 168 Å². The van der Waals surface area contributed by atoms with Crippen molar-refractivity contribution in [2.75, 3.05) is 0 Å². The lowest BCUT2D eigenvalue weighted by Crippen LogP contribution is -2.23. The highest BCUT2D eigenvalue weighted by Crippen LogP contribution is 2.20. The van der Waals surface area contributed by atoms with Gasteiger partial charge in [0.15, 0.2) is 6.61 Å². The first-order valence-corrected chi connectivity index (χ1v) is 8.84. The Morgan fingerprint density at radius 1 is 1.10 bits per heavy atom. The molecular weight excluding hydrogens is 400 g/mol. The number of halogens is 1. The summed E-state index contributed by atoms with van der Waals surface area (Å²) >= 11 is 5.94. The number of ether oxygens (including phenoxy) is 1. The molecule has 0 aliphatic rings. The summed E-state index contributed by atoms with van der Waals surface area (Å²) in [5.74, 6) is -0.930. The summed E-state index contributed by atoms with van der Waals surface area (Å²) in [6.07, 6.45) is 0. The smallest absolute Gasteiger partial charge is 0.437 e. The topological polar surface area (TPSA) is 113 Å². The first-order valence-electron chi connectivity index (χ1n) is 8.46. The number of hydrogen-bond acceptors (Lipinski definition) is 8. The monoisotopic (exact) mass is 412 g/mol. The molecule has 0 bridgehead atoms. The Hall–Kier alpha value is -3.72. The van der Waals surface area contributed by atoms with E-state index < -0.39 is 18.3 Å². The Bertz CT molecular complexity index is 1200. The molecule has 0 saturated heterocycles. The molecule has 0 spiro atoms. The van der Waals surface area contributed by atoms with Crippen molar-refractivity contribution in [3.8, 4) is 22.8 Å². The van der Waals surface area contributed by atoms with E-state index in [0.717, 1.165) is 4.68 Å². The standard InChI is InChI=1S/C19H13ClN4O5/c20-14-8-4-7-13(9-14)17-21-15(29-23-17)11-27-16(25)10-24-19(26)28-18(22-24)12-5-2-1-3-6-12/h1-9H,10-11H2. The summed E-state index contributed by atoms with van der Waals surface area (Å²) in [5.41, 5.74) is 1.29. The third-order valence-corrected chi connectivity index (χ3v) is 4.05. The fourth-order valence-electron chi connectivity index (χ4n) is 2.47. The molecule has 0 unspecified atom stereocenters. The van der Waals surface area contributed by atoms with Gasteiger partial charge in [-0.15, -0.1) is 5.10 Å². The minimum absolute atomic E-state index is 0.103. The van der Waals surface area contributed by atoms with Gasteiger partial charge in [-0.2, -0.15) is 9.67 Å². The molecule has 0 fully saturated rings. The molecule has 0 aliphatic carbocycles. The fraction of sp³-hybridized carbons (Fsp3) is 0.105. The number of benzene rings is 2. The second-order valence-corrected chi connectivity index (χ2v) is 6.32. The van der Waals surface area contributed by atoms with Gasteiger partial charge in [0.05, 0.1) is 0 Å². The molecule has 2 aromatic heterocycles. The summed E-state index contributed by atoms with van der Waals surface area (Å²) in [7, 11) is 0. The van der Waals surface area contributed by atoms with Gasteiger partial charge in [0, 0.05) is 16.1 Å². The summed E-state index contributed by atoms with van der Waals surface area (Å²) in [5, 5.41) is 8.36. The lowest BCUT2D eigenvalue weighted by Gasteiger charge is -2.00. The highest BCUT2D eigenvalue weighted by atomic mass is 35.5. The van der Waals surface area contributed by atoms with Crippen molar-refractivity contribution in [3.05, 3.63) is 76.1 Å². The lowest BCUT2D eigenvalue weighted by molar-refractivity contribution is -0.146. The minimum Gasteiger partial charge on any atom is -0.454 e. The molecule has 10 heteroatoms. The number of nitrogens with zero attached hydrogens (tertiary/aromatic N) is 4. The second kappa shape index (κ2) is 8.11. The van der Waals surface area contributed by atoms with Crippen LogP contribution in [-0.4, -0.2) is 25.9 Å². The highest BCUT2D eigenvalue weighted by Gasteiger charge is 2.16. The Kier molecular flexibility index (Phi) is 5.21. The van der Waals surface area contributed by atoms with E-state index in [1.54, 1.807) is 48.5 Å². The van der Waals surface area contributed by atoms with E-state index in [1.807, 2.05) is 6.07 Å². The van der Waals surface area contributed by atoms with Crippen molar-refractivity contribution in [2.24, 2.45) is 0 Å². The van der Waals surface area contributed by atoms with Crippen LogP contribution in [0.1, 0.15) is 5.89 Å². The maximum atomic E-state index is 12.0. The first-order chi connectivity index (χ1) is 14.1. The number of esters is 1. The molecule has 0 saturated carbocycles. The average Bonchev–Trinajstić information content (AvgIpc) is 3.34. The Morgan fingerprint density at radius 3 is 2.69 bits per heavy atom. The Morgan fingerprint density at radius 2 is 1.90 bits per heavy atom. The predicted molar refractivity (Wildman–Crippen MR) is 101 cm³/mol. The van der Waals surface area contributed by atoms with Crippen molar-refractivity contribution >= 4 is 17.6 Å². The highest BCUT2D eigenvalue weighted by molar-refractivity contribution is 6.30. The number of hydrogen-bond donors (Lipinski definition) is 0. The largest absolute Gasteiger partial charge is 0.454 e. The van der Waals surface area contributed by atoms with Crippen LogP contribution in [0.15, 0.2) is 68.3 Å². The van der Waals surface area contributed by atoms with E-state index in [4.69, 9.17) is 25.3 Å². The summed E-state index contributed by atoms with van der Waals surface area (Å²) < 4.78 is 16.1. The van der Waals surface area contributed by atoms with Crippen molar-refractivity contribution < 1.29 is 18.5 Å². The van der Waals surface area contributed by atoms with E-state index in [9.17, 15) is 9.59 Å². The van der Waals surface area contributed by atoms with Crippen LogP contribution >= 0.6 is 11.6 Å². The molecule has 4 rings (SSSR count). The van der Waals surface area contributed by atoms with Gasteiger partial charge in [-0.1, -0.05) is 47.1 Å². The van der Waals surface area contributed by atoms with Gasteiger partial charge >= 0.3 is 11.7 Å². The number of carbonyl (C=O) groups is 1. The Balaban J connectivity index is 1.38. The molecular formula is C19H13ClN4O5. The van der Waals surface area contributed by atoms with Gasteiger partial charge < -0.3 is 13.7 Å². The van der Waals surface area contributed by atoms with E-state index >= 15 is 0 Å². The van der Waals surface area contributed by atoms with Gasteiger partial charge in [0.2, 0.25) is 11.7 Å². The van der Waals surface area contributed by atoms with Gasteiger partial charge in [0.1, 0.15) is 6.54 Å². The van der Waals surface area contributed by atoms with E-state index in [0.29, 0.717) is 22.0 Å². The minimum atomic E-state index is -0.762. The maximum Gasteiger partial charge on any atom is 0.437 e. The van der Waals surface area contributed by atoms with E-state index in [-0.39, 0.29) is 18.4 Å². The molecule has 9 nitrogen and oxygen atoms in total. The molecule has 29 heavy (non-hydrogen) atoms. The zero-order chi connectivity index (χ0) is 20.2. The first kappa shape index (κ1) is 18.6. The van der Waals surface area contributed by atoms with Gasteiger partial charge in [-0.05, 0) is 24.3 Å². The van der Waals surface area contributed by atoms with Crippen molar-refractivity contribution in [1.29, 1.82) is 0 Å². The molecule has 0 radical (unpaired) electrons. The fourth-order valence-corrected chi connectivity index (χ4v) is 2.66. The van der Waals surface area contributed by atoms with E-state index in [2.05, 4.69) is 15.2 Å². The SMILES string of the molecule is O=C(Cn1nc(-c2ccccc2)oc1=O)OCc1nc(-c2cccc(Cl)c2)no1. The van der Waals surface area contributed by atoms with Crippen LogP contribution in [0.3, 0.4) is 0 Å². The summed E-state index contributed by atoms with van der Waals surface area (Å²) in [6.45, 7) is -0.658. The zero-order valence-corrected chi connectivity index (χ0v) is 15.6. The van der Waals surface area contributed by atoms with Crippen molar-refractivity contribution in [1.82, 2.24) is 19.9 Å². The molecule has 4 aromatic rings. The average molecular weight is 413 g/mol. The second-order valence-electron chi connectivity index (χ2n) is 5.88. The van der Waals surface area contributed by atoms with Crippen LogP contribution in [-0.2, 0) is 22.7 Å². The normalized spacial score (nSPS) is 10.8. The third-order valence-electron chi connectivity index (χ3n) is 3.81. The molecule has 2 heterocycles. The number of aromatic nitrogens is 4. The predicted octanol–water partition coefficient (Wildman–Crippen LogP) is 2.95. The summed E-state index contributed by atoms with van der Waals surface area (Å²) in [6, 6.07) is 15.8. The van der Waals surface area contributed by atoms with Crippen LogP contribution in [0.5, 0.6) is 0 Å². The van der Waals surface area contributed by atoms with Crippen molar-refractivity contribution in [2.45, 2.75) is 13.2 Å². The van der Waals surface area contributed by atoms with Crippen molar-refractivity contribution in [3.63, 3.8) is 0 Å². The summed E-state index contributed by atoms with van der Waals surface area (Å²) in [4.78, 5) is 28.1. The number of rotatable bonds is 6. The van der Waals surface area contributed by atoms with Gasteiger partial charge in [-0.25, -0.2) is 4.79 Å². The van der Waals surface area contributed by atoms with Gasteiger partial charge in [-0.3, -0.25) is 4.79 Å². The molecule has 146 valence electrons. The zero-order valence-electron chi connectivity index (χ0n) is 14.8.